The van der Waals surface area contributed by atoms with Gasteiger partial charge in [-0.25, -0.2) is 0 Å². The largest absolute Gasteiger partial charge is 0.359 e. The summed E-state index contributed by atoms with van der Waals surface area (Å²) < 4.78 is 0. The maximum absolute atomic E-state index is 9.77. The Labute approximate surface area is 77.7 Å². The Morgan fingerprint density at radius 3 is 2.85 bits per heavy atom. The highest BCUT2D eigenvalue weighted by molar-refractivity contribution is 5.30. The molecule has 1 aromatic rings. The SMILES string of the molecule is CCc1ccc(C)c(CON=O)c1. The van der Waals surface area contributed by atoms with E-state index in [0.29, 0.717) is 0 Å². The minimum Gasteiger partial charge on any atom is -0.359 e. The van der Waals surface area contributed by atoms with E-state index in [-0.39, 0.29) is 6.61 Å². The number of hydrogen-bond donors (Lipinski definition) is 0. The molecule has 0 aromatic heterocycles. The molecule has 70 valence electrons. The molecule has 0 spiro atoms. The van der Waals surface area contributed by atoms with Crippen molar-refractivity contribution in [2.24, 2.45) is 5.34 Å². The van der Waals surface area contributed by atoms with Crippen molar-refractivity contribution < 1.29 is 4.84 Å². The molecule has 3 nitrogen and oxygen atoms in total. The Balaban J connectivity index is 2.83. The Kier molecular flexibility index (Phi) is 3.43. The molecule has 0 radical (unpaired) electrons. The van der Waals surface area contributed by atoms with E-state index in [4.69, 9.17) is 0 Å². The van der Waals surface area contributed by atoms with Crippen LogP contribution in [-0.4, -0.2) is 0 Å². The zero-order valence-corrected chi connectivity index (χ0v) is 7.91. The average Bonchev–Trinajstić information content (AvgIpc) is 2.17. The van der Waals surface area contributed by atoms with Gasteiger partial charge < -0.3 is 4.84 Å². The van der Waals surface area contributed by atoms with Crippen LogP contribution in [0, 0.1) is 11.8 Å². The normalized spacial score (nSPS) is 9.69. The first-order chi connectivity index (χ1) is 6.27. The molecule has 0 atom stereocenters. The topological polar surface area (TPSA) is 38.7 Å². The van der Waals surface area contributed by atoms with Crippen molar-refractivity contribution in [1.82, 2.24) is 0 Å². The van der Waals surface area contributed by atoms with Gasteiger partial charge in [0.1, 0.15) is 6.61 Å². The molecule has 0 unspecified atom stereocenters. The third-order valence-electron chi connectivity index (χ3n) is 2.09. The fraction of sp³-hybridized carbons (Fsp3) is 0.400. The smallest absolute Gasteiger partial charge is 0.155 e. The van der Waals surface area contributed by atoms with Gasteiger partial charge in [0.05, 0.1) is 0 Å². The molecular formula is C10H13NO2. The number of nitrogens with zero attached hydrogens (tertiary/aromatic N) is 1. The van der Waals surface area contributed by atoms with Gasteiger partial charge in [-0.2, -0.15) is 0 Å². The molecule has 0 aliphatic heterocycles. The van der Waals surface area contributed by atoms with Gasteiger partial charge >= 0.3 is 0 Å². The maximum atomic E-state index is 9.77. The third kappa shape index (κ3) is 2.54. The Morgan fingerprint density at radius 2 is 2.23 bits per heavy atom. The Morgan fingerprint density at radius 1 is 1.46 bits per heavy atom. The van der Waals surface area contributed by atoms with Crippen molar-refractivity contribution in [2.75, 3.05) is 0 Å². The van der Waals surface area contributed by atoms with Gasteiger partial charge in [-0.3, -0.25) is 0 Å². The van der Waals surface area contributed by atoms with E-state index in [1.165, 1.54) is 5.56 Å². The first-order valence-corrected chi connectivity index (χ1v) is 4.31. The van der Waals surface area contributed by atoms with Crippen molar-refractivity contribution in [2.45, 2.75) is 26.9 Å². The van der Waals surface area contributed by atoms with Crippen LogP contribution < -0.4 is 0 Å². The molecule has 0 saturated carbocycles. The summed E-state index contributed by atoms with van der Waals surface area (Å²) in [5.74, 6) is 0. The van der Waals surface area contributed by atoms with Crippen LogP contribution >= 0.6 is 0 Å². The summed E-state index contributed by atoms with van der Waals surface area (Å²) in [6, 6.07) is 6.15. The standard InChI is InChI=1S/C10H13NO2/c1-3-9-5-4-8(2)10(6-9)7-13-11-12/h4-6H,3,7H2,1-2H3. The summed E-state index contributed by atoms with van der Waals surface area (Å²) in [7, 11) is 0. The highest BCUT2D eigenvalue weighted by Gasteiger charge is 2.00. The lowest BCUT2D eigenvalue weighted by Gasteiger charge is -2.05. The first kappa shape index (κ1) is 9.71. The van der Waals surface area contributed by atoms with Gasteiger partial charge in [-0.1, -0.05) is 25.1 Å². The van der Waals surface area contributed by atoms with Crippen LogP contribution in [0.3, 0.4) is 0 Å². The molecule has 0 amide bonds. The average molecular weight is 179 g/mol. The van der Waals surface area contributed by atoms with E-state index >= 15 is 0 Å². The lowest BCUT2D eigenvalue weighted by Crippen LogP contribution is -1.92. The fourth-order valence-electron chi connectivity index (χ4n) is 1.20. The molecule has 0 aliphatic rings. The van der Waals surface area contributed by atoms with Crippen molar-refractivity contribution in [3.63, 3.8) is 0 Å². The van der Waals surface area contributed by atoms with E-state index in [1.807, 2.05) is 19.1 Å². The van der Waals surface area contributed by atoms with Crippen LogP contribution in [0.25, 0.3) is 0 Å². The summed E-state index contributed by atoms with van der Waals surface area (Å²) in [5.41, 5.74) is 3.40. The molecule has 0 heterocycles. The molecule has 1 rings (SSSR count). The van der Waals surface area contributed by atoms with Crippen LogP contribution in [0.2, 0.25) is 0 Å². The lowest BCUT2D eigenvalue weighted by molar-refractivity contribution is 0.125. The van der Waals surface area contributed by atoms with Crippen molar-refractivity contribution in [1.29, 1.82) is 0 Å². The van der Waals surface area contributed by atoms with Gasteiger partial charge in [0.15, 0.2) is 5.34 Å². The van der Waals surface area contributed by atoms with Crippen LogP contribution in [0.15, 0.2) is 23.5 Å². The fourth-order valence-corrected chi connectivity index (χ4v) is 1.20. The Hall–Kier alpha value is -1.38. The van der Waals surface area contributed by atoms with Crippen molar-refractivity contribution >= 4 is 0 Å². The van der Waals surface area contributed by atoms with Gasteiger partial charge in [0, 0.05) is 0 Å². The van der Waals surface area contributed by atoms with E-state index < -0.39 is 0 Å². The number of benzene rings is 1. The Bertz CT molecular complexity index is 297. The van der Waals surface area contributed by atoms with Crippen LogP contribution in [0.1, 0.15) is 23.6 Å². The van der Waals surface area contributed by atoms with E-state index in [0.717, 1.165) is 17.5 Å². The monoisotopic (exact) mass is 179 g/mol. The zero-order chi connectivity index (χ0) is 9.68. The predicted molar refractivity (Wildman–Crippen MR) is 51.1 cm³/mol. The summed E-state index contributed by atoms with van der Waals surface area (Å²) in [6.45, 7) is 4.35. The number of hydrogen-bond acceptors (Lipinski definition) is 3. The van der Waals surface area contributed by atoms with Crippen molar-refractivity contribution in [3.05, 3.63) is 39.8 Å². The highest BCUT2D eigenvalue weighted by atomic mass is 16.7. The summed E-state index contributed by atoms with van der Waals surface area (Å²) in [6.07, 6.45) is 0.988. The van der Waals surface area contributed by atoms with E-state index in [1.54, 1.807) is 0 Å². The second-order valence-electron chi connectivity index (χ2n) is 2.96. The highest BCUT2D eigenvalue weighted by Crippen LogP contribution is 2.12. The third-order valence-corrected chi connectivity index (χ3v) is 2.09. The second-order valence-corrected chi connectivity index (χ2v) is 2.96. The summed E-state index contributed by atoms with van der Waals surface area (Å²) >= 11 is 0. The quantitative estimate of drug-likeness (QED) is 0.526. The van der Waals surface area contributed by atoms with Crippen LogP contribution in [0.4, 0.5) is 0 Å². The second kappa shape index (κ2) is 4.60. The molecule has 0 bridgehead atoms. The van der Waals surface area contributed by atoms with Gasteiger partial charge in [0.25, 0.3) is 0 Å². The summed E-state index contributed by atoms with van der Waals surface area (Å²) in [4.78, 5) is 14.2. The van der Waals surface area contributed by atoms with Crippen molar-refractivity contribution in [3.8, 4) is 0 Å². The van der Waals surface area contributed by atoms with E-state index in [9.17, 15) is 4.91 Å². The van der Waals surface area contributed by atoms with Gasteiger partial charge in [-0.05, 0) is 30.0 Å². The predicted octanol–water partition coefficient (Wildman–Crippen LogP) is 2.76. The minimum absolute atomic E-state index is 0.267. The lowest BCUT2D eigenvalue weighted by atomic mass is 10.0. The molecule has 0 N–H and O–H groups in total. The van der Waals surface area contributed by atoms with Crippen LogP contribution in [-0.2, 0) is 17.9 Å². The molecule has 0 fully saturated rings. The molecule has 3 heteroatoms. The molecular weight excluding hydrogens is 166 g/mol. The van der Waals surface area contributed by atoms with Crippen LogP contribution in [0.5, 0.6) is 0 Å². The van der Waals surface area contributed by atoms with Gasteiger partial charge in [-0.15, -0.1) is 4.91 Å². The minimum atomic E-state index is 0.267. The van der Waals surface area contributed by atoms with Gasteiger partial charge in [0.2, 0.25) is 0 Å². The number of aryl methyl sites for hydroxylation is 2. The first-order valence-electron chi connectivity index (χ1n) is 4.31. The maximum Gasteiger partial charge on any atom is 0.155 e. The number of rotatable bonds is 4. The van der Waals surface area contributed by atoms with E-state index in [2.05, 4.69) is 23.2 Å². The summed E-state index contributed by atoms with van der Waals surface area (Å²) in [5, 5.41) is 2.38. The molecule has 0 saturated heterocycles. The molecule has 13 heavy (non-hydrogen) atoms. The molecule has 1 aromatic carbocycles. The zero-order valence-electron chi connectivity index (χ0n) is 7.91. The molecule has 0 aliphatic carbocycles.